The summed E-state index contributed by atoms with van der Waals surface area (Å²) in [6, 6.07) is 0. The minimum Gasteiger partial charge on any atom is -0.288 e. The fourth-order valence-corrected chi connectivity index (χ4v) is 3.04. The van der Waals surface area contributed by atoms with Crippen molar-refractivity contribution in [3.05, 3.63) is 0 Å². The van der Waals surface area contributed by atoms with Gasteiger partial charge >= 0.3 is 0 Å². The molecule has 17 heavy (non-hydrogen) atoms. The number of hydrogen-bond donors (Lipinski definition) is 0. The number of rotatable bonds is 8. The molecule has 0 aromatic heterocycles. The highest BCUT2D eigenvalue weighted by molar-refractivity contribution is 4.77. The molecule has 0 radical (unpaired) electrons. The molecule has 0 atom stereocenters. The minimum atomic E-state index is 0.736. The second-order valence-corrected chi connectivity index (χ2v) is 5.29. The van der Waals surface area contributed by atoms with Gasteiger partial charge in [0.25, 0.3) is 0 Å². The molecule has 1 heterocycles. The van der Waals surface area contributed by atoms with Gasteiger partial charge in [-0.25, -0.2) is 0 Å². The van der Waals surface area contributed by atoms with Gasteiger partial charge in [-0.1, -0.05) is 52.9 Å². The smallest absolute Gasteiger partial charge is 0.0622 e. The van der Waals surface area contributed by atoms with E-state index >= 15 is 0 Å². The Bertz CT molecular complexity index is 170. The van der Waals surface area contributed by atoms with E-state index in [1.807, 2.05) is 0 Å². The van der Waals surface area contributed by atoms with Crippen molar-refractivity contribution < 1.29 is 0 Å². The second kappa shape index (κ2) is 8.93. The van der Waals surface area contributed by atoms with Gasteiger partial charge in [0.05, 0.1) is 6.17 Å². The van der Waals surface area contributed by atoms with Crippen molar-refractivity contribution in [2.45, 2.75) is 71.9 Å². The Hall–Kier alpha value is -0.0800. The molecule has 0 amide bonds. The molecule has 0 N–H and O–H groups in total. The van der Waals surface area contributed by atoms with Gasteiger partial charge in [0, 0.05) is 13.1 Å². The Labute approximate surface area is 108 Å². The Morgan fingerprint density at radius 2 is 1.41 bits per heavy atom. The van der Waals surface area contributed by atoms with Crippen LogP contribution in [0.1, 0.15) is 65.7 Å². The largest absolute Gasteiger partial charge is 0.288 e. The molecule has 0 unspecified atom stereocenters. The van der Waals surface area contributed by atoms with Crippen molar-refractivity contribution in [3.63, 3.8) is 0 Å². The van der Waals surface area contributed by atoms with Crippen molar-refractivity contribution >= 4 is 0 Å². The predicted octanol–water partition coefficient (Wildman–Crippen LogP) is 3.72. The fourth-order valence-electron chi connectivity index (χ4n) is 3.04. The fraction of sp³-hybridized carbons (Fsp3) is 1.00. The van der Waals surface area contributed by atoms with Gasteiger partial charge in [-0.05, 0) is 25.9 Å². The van der Waals surface area contributed by atoms with Gasteiger partial charge in [0.15, 0.2) is 0 Å². The maximum absolute atomic E-state index is 2.67. The molecular formula is C15H32N2. The third kappa shape index (κ3) is 4.97. The molecule has 1 saturated heterocycles. The van der Waals surface area contributed by atoms with Crippen LogP contribution in [0.15, 0.2) is 0 Å². The van der Waals surface area contributed by atoms with Crippen LogP contribution in [0.4, 0.5) is 0 Å². The van der Waals surface area contributed by atoms with Gasteiger partial charge in [-0.15, -0.1) is 0 Å². The first-order valence-corrected chi connectivity index (χ1v) is 7.81. The van der Waals surface area contributed by atoms with Gasteiger partial charge in [-0.2, -0.15) is 0 Å². The summed E-state index contributed by atoms with van der Waals surface area (Å²) >= 11 is 0. The molecule has 2 nitrogen and oxygen atoms in total. The first kappa shape index (κ1) is 15.0. The van der Waals surface area contributed by atoms with E-state index in [-0.39, 0.29) is 0 Å². The van der Waals surface area contributed by atoms with Crippen molar-refractivity contribution in [1.29, 1.82) is 0 Å². The zero-order valence-electron chi connectivity index (χ0n) is 12.2. The van der Waals surface area contributed by atoms with Crippen molar-refractivity contribution in [2.75, 3.05) is 26.2 Å². The highest BCUT2D eigenvalue weighted by Crippen LogP contribution is 2.19. The van der Waals surface area contributed by atoms with Crippen LogP contribution in [0.3, 0.4) is 0 Å². The lowest BCUT2D eigenvalue weighted by Crippen LogP contribution is -2.53. The maximum Gasteiger partial charge on any atom is 0.0622 e. The highest BCUT2D eigenvalue weighted by atomic mass is 15.4. The number of hydrogen-bond acceptors (Lipinski definition) is 2. The van der Waals surface area contributed by atoms with E-state index in [1.165, 1.54) is 71.1 Å². The normalized spacial score (nSPS) is 19.9. The summed E-state index contributed by atoms with van der Waals surface area (Å²) in [5.74, 6) is 0. The van der Waals surface area contributed by atoms with Crippen LogP contribution in [-0.4, -0.2) is 42.1 Å². The molecule has 0 bridgehead atoms. The summed E-state index contributed by atoms with van der Waals surface area (Å²) in [4.78, 5) is 5.35. The lowest BCUT2D eigenvalue weighted by Gasteiger charge is -2.43. The predicted molar refractivity (Wildman–Crippen MR) is 76.3 cm³/mol. The molecule has 0 saturated carbocycles. The molecule has 1 rings (SSSR count). The van der Waals surface area contributed by atoms with Crippen molar-refractivity contribution in [2.24, 2.45) is 0 Å². The first-order valence-electron chi connectivity index (χ1n) is 7.81. The first-order chi connectivity index (χ1) is 8.33. The van der Waals surface area contributed by atoms with E-state index in [1.54, 1.807) is 0 Å². The Balaban J connectivity index is 2.29. The molecular weight excluding hydrogens is 208 g/mol. The van der Waals surface area contributed by atoms with Crippen LogP contribution in [0.25, 0.3) is 0 Å². The van der Waals surface area contributed by atoms with E-state index in [4.69, 9.17) is 0 Å². The van der Waals surface area contributed by atoms with Crippen LogP contribution in [0, 0.1) is 0 Å². The summed E-state index contributed by atoms with van der Waals surface area (Å²) in [7, 11) is 0. The summed E-state index contributed by atoms with van der Waals surface area (Å²) in [6.07, 6.45) is 10.5. The van der Waals surface area contributed by atoms with E-state index < -0.39 is 0 Å². The van der Waals surface area contributed by atoms with Gasteiger partial charge in [0.2, 0.25) is 0 Å². The monoisotopic (exact) mass is 240 g/mol. The van der Waals surface area contributed by atoms with Gasteiger partial charge in [-0.3, -0.25) is 9.80 Å². The summed E-state index contributed by atoms with van der Waals surface area (Å²) < 4.78 is 0. The van der Waals surface area contributed by atoms with Crippen molar-refractivity contribution in [3.8, 4) is 0 Å². The van der Waals surface area contributed by atoms with E-state index in [9.17, 15) is 0 Å². The molecule has 1 aliphatic rings. The van der Waals surface area contributed by atoms with Crippen LogP contribution in [0.2, 0.25) is 0 Å². The summed E-state index contributed by atoms with van der Waals surface area (Å²) in [6.45, 7) is 12.0. The van der Waals surface area contributed by atoms with Crippen LogP contribution >= 0.6 is 0 Å². The quantitative estimate of drug-likeness (QED) is 0.597. The lowest BCUT2D eigenvalue weighted by molar-refractivity contribution is 0.00429. The Kier molecular flexibility index (Phi) is 7.87. The standard InChI is InChI=1S/C15H32N2/c1-4-7-8-9-10-12-15-16(5-2)13-11-14-17(15)6-3/h15H,4-14H2,1-3H3. The molecule has 0 aromatic rings. The third-order valence-electron chi connectivity index (χ3n) is 4.11. The number of unbranched alkanes of at least 4 members (excludes halogenated alkanes) is 4. The van der Waals surface area contributed by atoms with Crippen LogP contribution in [0.5, 0.6) is 0 Å². The van der Waals surface area contributed by atoms with E-state index in [2.05, 4.69) is 30.6 Å². The van der Waals surface area contributed by atoms with E-state index in [0.29, 0.717) is 0 Å². The van der Waals surface area contributed by atoms with Crippen molar-refractivity contribution in [1.82, 2.24) is 9.80 Å². The highest BCUT2D eigenvalue weighted by Gasteiger charge is 2.26. The number of nitrogens with zero attached hydrogens (tertiary/aromatic N) is 2. The second-order valence-electron chi connectivity index (χ2n) is 5.29. The average Bonchev–Trinajstić information content (AvgIpc) is 2.38. The summed E-state index contributed by atoms with van der Waals surface area (Å²) in [5.41, 5.74) is 0. The maximum atomic E-state index is 2.67. The minimum absolute atomic E-state index is 0.736. The molecule has 0 aromatic carbocycles. The molecule has 0 spiro atoms. The van der Waals surface area contributed by atoms with Gasteiger partial charge < -0.3 is 0 Å². The molecule has 1 aliphatic heterocycles. The SMILES string of the molecule is CCCCCCCC1N(CC)CCCN1CC. The molecule has 2 heteroatoms. The molecule has 1 fully saturated rings. The Morgan fingerprint density at radius 3 is 1.94 bits per heavy atom. The third-order valence-corrected chi connectivity index (χ3v) is 4.11. The average molecular weight is 240 g/mol. The van der Waals surface area contributed by atoms with E-state index in [0.717, 1.165) is 6.17 Å². The van der Waals surface area contributed by atoms with Gasteiger partial charge in [0.1, 0.15) is 0 Å². The Morgan fingerprint density at radius 1 is 0.824 bits per heavy atom. The molecule has 0 aliphatic carbocycles. The van der Waals surface area contributed by atoms with Crippen LogP contribution in [-0.2, 0) is 0 Å². The lowest BCUT2D eigenvalue weighted by atomic mass is 10.1. The molecule has 102 valence electrons. The summed E-state index contributed by atoms with van der Waals surface area (Å²) in [5, 5.41) is 0. The zero-order valence-corrected chi connectivity index (χ0v) is 12.2. The van der Waals surface area contributed by atoms with Crippen LogP contribution < -0.4 is 0 Å². The topological polar surface area (TPSA) is 6.48 Å². The zero-order chi connectivity index (χ0) is 12.5.